The number of ether oxygens (including phenoxy) is 1. The minimum atomic E-state index is 0.229. The summed E-state index contributed by atoms with van der Waals surface area (Å²) in [5.74, 6) is 0. The van der Waals surface area contributed by atoms with Crippen molar-refractivity contribution in [2.24, 2.45) is 5.41 Å². The maximum Gasteiger partial charge on any atom is 0.0690 e. The van der Waals surface area contributed by atoms with Gasteiger partial charge in [-0.05, 0) is 24.0 Å². The van der Waals surface area contributed by atoms with Crippen LogP contribution in [0.4, 0.5) is 0 Å². The summed E-state index contributed by atoms with van der Waals surface area (Å²) in [5, 5.41) is 0. The maximum absolute atomic E-state index is 5.66. The molecule has 2 aliphatic rings. The van der Waals surface area contributed by atoms with E-state index < -0.39 is 0 Å². The lowest BCUT2D eigenvalue weighted by Crippen LogP contribution is -2.49. The molecular weight excluding hydrogens is 186 g/mol. The van der Waals surface area contributed by atoms with Crippen LogP contribution in [0, 0.1) is 5.41 Å². The Labute approximate surface area is 93.3 Å². The van der Waals surface area contributed by atoms with Gasteiger partial charge in [-0.2, -0.15) is 0 Å². The minimum absolute atomic E-state index is 0.229. The lowest BCUT2D eigenvalue weighted by molar-refractivity contribution is 0.107. The van der Waals surface area contributed by atoms with E-state index >= 15 is 0 Å². The molecule has 0 aromatic carbocycles. The number of likely N-dealkylation sites (N-methyl/N-ethyl adjacent to an activating group) is 1. The number of rotatable bonds is 1. The van der Waals surface area contributed by atoms with Gasteiger partial charge in [0.05, 0.1) is 12.1 Å². The number of hydrogen-bond acceptors (Lipinski definition) is 2. The highest BCUT2D eigenvalue weighted by Gasteiger charge is 2.49. The molecule has 0 bridgehead atoms. The van der Waals surface area contributed by atoms with E-state index in [2.05, 4.69) is 38.7 Å². The summed E-state index contributed by atoms with van der Waals surface area (Å²) in [7, 11) is 0. The van der Waals surface area contributed by atoms with E-state index in [1.54, 1.807) is 5.57 Å². The Balaban J connectivity index is 2.32. The molecule has 0 aliphatic carbocycles. The highest BCUT2D eigenvalue weighted by molar-refractivity contribution is 5.33. The van der Waals surface area contributed by atoms with Gasteiger partial charge >= 0.3 is 0 Å². The van der Waals surface area contributed by atoms with Crippen molar-refractivity contribution in [3.05, 3.63) is 11.6 Å². The van der Waals surface area contributed by atoms with Gasteiger partial charge < -0.3 is 4.74 Å². The fourth-order valence-corrected chi connectivity index (χ4v) is 3.19. The summed E-state index contributed by atoms with van der Waals surface area (Å²) in [6.45, 7) is 13.2. The molecule has 0 aromatic heterocycles. The fraction of sp³-hybridized carbons (Fsp3) is 0.846. The quantitative estimate of drug-likeness (QED) is 0.615. The molecule has 2 aliphatic heterocycles. The molecule has 2 heteroatoms. The van der Waals surface area contributed by atoms with Crippen LogP contribution in [0.5, 0.6) is 0 Å². The molecule has 0 N–H and O–H groups in total. The van der Waals surface area contributed by atoms with Crippen LogP contribution >= 0.6 is 0 Å². The molecule has 2 rings (SSSR count). The molecule has 1 unspecified atom stereocenters. The van der Waals surface area contributed by atoms with Crippen LogP contribution in [-0.4, -0.2) is 36.7 Å². The Morgan fingerprint density at radius 2 is 2.20 bits per heavy atom. The smallest absolute Gasteiger partial charge is 0.0690 e. The Morgan fingerprint density at radius 3 is 2.67 bits per heavy atom. The zero-order valence-electron chi connectivity index (χ0n) is 10.5. The lowest BCUT2D eigenvalue weighted by atomic mass is 9.74. The number of nitrogens with zero attached hydrogens (tertiary/aromatic N) is 1. The van der Waals surface area contributed by atoms with Gasteiger partial charge in [-0.1, -0.05) is 33.8 Å². The van der Waals surface area contributed by atoms with Crippen LogP contribution in [0.3, 0.4) is 0 Å². The third-order valence-electron chi connectivity index (χ3n) is 3.81. The Hall–Kier alpha value is -0.340. The molecule has 2 nitrogen and oxygen atoms in total. The van der Waals surface area contributed by atoms with Crippen LogP contribution in [-0.2, 0) is 4.74 Å². The lowest BCUT2D eigenvalue weighted by Gasteiger charge is -2.40. The van der Waals surface area contributed by atoms with Gasteiger partial charge in [0, 0.05) is 13.2 Å². The van der Waals surface area contributed by atoms with Crippen LogP contribution in [0.2, 0.25) is 0 Å². The van der Waals surface area contributed by atoms with Gasteiger partial charge in [-0.3, -0.25) is 4.90 Å². The second kappa shape index (κ2) is 3.60. The monoisotopic (exact) mass is 209 g/mol. The van der Waals surface area contributed by atoms with E-state index in [1.165, 1.54) is 6.42 Å². The third kappa shape index (κ3) is 1.64. The third-order valence-corrected chi connectivity index (χ3v) is 3.81. The summed E-state index contributed by atoms with van der Waals surface area (Å²) in [6.07, 6.45) is 3.60. The molecule has 0 aromatic rings. The van der Waals surface area contributed by atoms with Gasteiger partial charge in [-0.25, -0.2) is 0 Å². The van der Waals surface area contributed by atoms with E-state index in [1.807, 2.05) is 0 Å². The van der Waals surface area contributed by atoms with Crippen molar-refractivity contribution in [3.63, 3.8) is 0 Å². The summed E-state index contributed by atoms with van der Waals surface area (Å²) in [6, 6.07) is 0. The first-order chi connectivity index (χ1) is 7.00. The summed E-state index contributed by atoms with van der Waals surface area (Å²) in [4.78, 5) is 2.57. The van der Waals surface area contributed by atoms with Crippen LogP contribution in [0.15, 0.2) is 11.6 Å². The van der Waals surface area contributed by atoms with Crippen molar-refractivity contribution in [3.8, 4) is 0 Å². The molecule has 0 radical (unpaired) electrons. The molecule has 2 heterocycles. The highest BCUT2D eigenvalue weighted by atomic mass is 16.5. The molecule has 86 valence electrons. The predicted octanol–water partition coefficient (Wildman–Crippen LogP) is 2.45. The summed E-state index contributed by atoms with van der Waals surface area (Å²) >= 11 is 0. The largest absolute Gasteiger partial charge is 0.379 e. The zero-order valence-corrected chi connectivity index (χ0v) is 10.5. The first-order valence-electron chi connectivity index (χ1n) is 6.04. The van der Waals surface area contributed by atoms with E-state index in [9.17, 15) is 0 Å². The minimum Gasteiger partial charge on any atom is -0.379 e. The zero-order chi connectivity index (χ0) is 11.1. The van der Waals surface area contributed by atoms with Crippen molar-refractivity contribution >= 4 is 0 Å². The van der Waals surface area contributed by atoms with Gasteiger partial charge in [0.15, 0.2) is 0 Å². The Morgan fingerprint density at radius 1 is 1.47 bits per heavy atom. The number of hydrogen-bond donors (Lipinski definition) is 0. The second-order valence-electron chi connectivity index (χ2n) is 5.74. The first-order valence-corrected chi connectivity index (χ1v) is 6.04. The highest BCUT2D eigenvalue weighted by Crippen LogP contribution is 2.45. The Kier molecular flexibility index (Phi) is 2.68. The normalized spacial score (nSPS) is 32.7. The Bertz CT molecular complexity index is 269. The van der Waals surface area contributed by atoms with Gasteiger partial charge in [0.25, 0.3) is 0 Å². The topological polar surface area (TPSA) is 12.5 Å². The van der Waals surface area contributed by atoms with Gasteiger partial charge in [-0.15, -0.1) is 0 Å². The van der Waals surface area contributed by atoms with Crippen LogP contribution in [0.25, 0.3) is 0 Å². The first kappa shape index (κ1) is 11.2. The van der Waals surface area contributed by atoms with Crippen molar-refractivity contribution in [2.45, 2.75) is 39.7 Å². The summed E-state index contributed by atoms with van der Waals surface area (Å²) < 4.78 is 5.66. The molecule has 1 saturated heterocycles. The summed E-state index contributed by atoms with van der Waals surface area (Å²) in [5.41, 5.74) is 2.10. The van der Waals surface area contributed by atoms with Crippen LogP contribution in [0.1, 0.15) is 34.1 Å². The van der Waals surface area contributed by atoms with E-state index in [0.29, 0.717) is 0 Å². The molecule has 1 spiro atoms. The molecule has 15 heavy (non-hydrogen) atoms. The maximum atomic E-state index is 5.66. The molecule has 1 atom stereocenters. The predicted molar refractivity (Wildman–Crippen MR) is 63.0 cm³/mol. The van der Waals surface area contributed by atoms with Crippen LogP contribution < -0.4 is 0 Å². The van der Waals surface area contributed by atoms with Gasteiger partial charge in [0.2, 0.25) is 0 Å². The average Bonchev–Trinajstić information content (AvgIpc) is 2.73. The van der Waals surface area contributed by atoms with Gasteiger partial charge in [0.1, 0.15) is 0 Å². The fourth-order valence-electron chi connectivity index (χ4n) is 3.19. The molecule has 0 amide bonds. The second-order valence-corrected chi connectivity index (χ2v) is 5.74. The van der Waals surface area contributed by atoms with Crippen molar-refractivity contribution in [1.82, 2.24) is 4.90 Å². The van der Waals surface area contributed by atoms with Crippen molar-refractivity contribution in [2.75, 3.05) is 26.3 Å². The molecular formula is C13H23NO. The molecule has 0 saturated carbocycles. The average molecular weight is 209 g/mol. The SMILES string of the molecule is CCN1CC=C(C(C)(C)C)C12CCOC2. The van der Waals surface area contributed by atoms with E-state index in [4.69, 9.17) is 4.74 Å². The van der Waals surface area contributed by atoms with E-state index in [-0.39, 0.29) is 11.0 Å². The standard InChI is InChI=1S/C13H23NO/c1-5-14-8-6-11(12(2,3)4)13(14)7-9-15-10-13/h6H,5,7-10H2,1-4H3. The van der Waals surface area contributed by atoms with Crippen molar-refractivity contribution in [1.29, 1.82) is 0 Å². The molecule has 1 fully saturated rings. The van der Waals surface area contributed by atoms with E-state index in [0.717, 1.165) is 26.3 Å². The van der Waals surface area contributed by atoms with Crippen molar-refractivity contribution < 1.29 is 4.74 Å².